The van der Waals surface area contributed by atoms with E-state index >= 15 is 0 Å². The fourth-order valence-electron chi connectivity index (χ4n) is 0.909. The van der Waals surface area contributed by atoms with E-state index in [2.05, 4.69) is 24.5 Å². The first-order chi connectivity index (χ1) is 11.1. The van der Waals surface area contributed by atoms with Crippen molar-refractivity contribution in [3.8, 4) is 0 Å². The summed E-state index contributed by atoms with van der Waals surface area (Å²) >= 11 is 0. The van der Waals surface area contributed by atoms with E-state index in [0.717, 1.165) is 0 Å². The summed E-state index contributed by atoms with van der Waals surface area (Å²) in [5.41, 5.74) is 1.13. The lowest BCUT2D eigenvalue weighted by Gasteiger charge is -2.06. The molecular weight excluding hydrogens is 316 g/mol. The molecule has 0 atom stereocenters. The van der Waals surface area contributed by atoms with E-state index in [9.17, 15) is 14.4 Å². The van der Waals surface area contributed by atoms with E-state index in [0.29, 0.717) is 16.7 Å². The molecular formula is C17H26O7. The highest BCUT2D eigenvalue weighted by Crippen LogP contribution is 1.93. The molecule has 0 aliphatic heterocycles. The maximum atomic E-state index is 10.9. The Kier molecular flexibility index (Phi) is 14.1. The van der Waals surface area contributed by atoms with Gasteiger partial charge in [-0.3, -0.25) is 0 Å². The first kappa shape index (κ1) is 23.9. The van der Waals surface area contributed by atoms with Crippen LogP contribution in [0.4, 0.5) is 0 Å². The van der Waals surface area contributed by atoms with Crippen LogP contribution in [-0.2, 0) is 33.3 Å². The highest BCUT2D eigenvalue weighted by atomic mass is 16.6. The number of hydrogen-bond donors (Lipinski definition) is 0. The summed E-state index contributed by atoms with van der Waals surface area (Å²) in [5, 5.41) is 0. The van der Waals surface area contributed by atoms with Crippen LogP contribution < -0.4 is 0 Å². The van der Waals surface area contributed by atoms with Crippen molar-refractivity contribution in [1.29, 1.82) is 0 Å². The number of carbonyl (C=O) groups excluding carboxylic acids is 3. The van der Waals surface area contributed by atoms with Gasteiger partial charge in [0, 0.05) is 16.7 Å². The summed E-state index contributed by atoms with van der Waals surface area (Å²) in [4.78, 5) is 32.1. The van der Waals surface area contributed by atoms with Crippen molar-refractivity contribution in [3.05, 3.63) is 36.5 Å². The van der Waals surface area contributed by atoms with Crippen molar-refractivity contribution in [3.63, 3.8) is 0 Å². The van der Waals surface area contributed by atoms with Crippen molar-refractivity contribution < 1.29 is 33.3 Å². The number of methoxy groups -OCH3 is 1. The summed E-state index contributed by atoms with van der Waals surface area (Å²) < 4.78 is 18.9. The Balaban J connectivity index is 0. The molecule has 0 aromatic carbocycles. The number of rotatable bonds is 9. The number of carbonyl (C=O) groups is 3. The SMILES string of the molecule is C=C(C)C(=O)OC.C=C(C)C(=O)OCCOCCOC(=O)C(=C)C. The van der Waals surface area contributed by atoms with Crippen molar-refractivity contribution in [2.45, 2.75) is 20.8 Å². The Bertz CT molecular complexity index is 447. The summed E-state index contributed by atoms with van der Waals surface area (Å²) in [6.45, 7) is 15.8. The van der Waals surface area contributed by atoms with Crippen LogP contribution >= 0.6 is 0 Å². The molecule has 0 fully saturated rings. The fraction of sp³-hybridized carbons (Fsp3) is 0.471. The zero-order valence-electron chi connectivity index (χ0n) is 14.8. The van der Waals surface area contributed by atoms with E-state index in [1.807, 2.05) is 0 Å². The standard InChI is InChI=1S/C12H18O5.C5H8O2/c1-9(2)11(13)16-7-5-15-6-8-17-12(14)10(3)4;1-4(2)5(6)7-3/h1,3,5-8H2,2,4H3;1H2,2-3H3. The van der Waals surface area contributed by atoms with Crippen LogP contribution in [0.15, 0.2) is 36.5 Å². The Morgan fingerprint density at radius 2 is 1.00 bits per heavy atom. The second-order valence-corrected chi connectivity index (χ2v) is 4.72. The molecule has 136 valence electrons. The van der Waals surface area contributed by atoms with Crippen molar-refractivity contribution in [2.75, 3.05) is 33.5 Å². The van der Waals surface area contributed by atoms with Crippen LogP contribution in [-0.4, -0.2) is 51.4 Å². The van der Waals surface area contributed by atoms with Crippen LogP contribution in [0.25, 0.3) is 0 Å². The van der Waals surface area contributed by atoms with E-state index in [-0.39, 0.29) is 32.4 Å². The molecule has 0 saturated heterocycles. The van der Waals surface area contributed by atoms with Gasteiger partial charge < -0.3 is 18.9 Å². The van der Waals surface area contributed by atoms with Gasteiger partial charge in [-0.05, 0) is 20.8 Å². The van der Waals surface area contributed by atoms with Crippen molar-refractivity contribution in [1.82, 2.24) is 0 Å². The van der Waals surface area contributed by atoms with Gasteiger partial charge in [-0.15, -0.1) is 0 Å². The number of hydrogen-bond acceptors (Lipinski definition) is 7. The van der Waals surface area contributed by atoms with Crippen molar-refractivity contribution >= 4 is 17.9 Å². The average Bonchev–Trinajstić information content (AvgIpc) is 2.52. The molecule has 0 spiro atoms. The quantitative estimate of drug-likeness (QED) is 0.274. The molecule has 24 heavy (non-hydrogen) atoms. The lowest BCUT2D eigenvalue weighted by molar-refractivity contribution is -0.142. The van der Waals surface area contributed by atoms with Gasteiger partial charge in [-0.25, -0.2) is 14.4 Å². The smallest absolute Gasteiger partial charge is 0.333 e. The third kappa shape index (κ3) is 14.5. The number of ether oxygens (including phenoxy) is 4. The molecule has 7 nitrogen and oxygen atoms in total. The van der Waals surface area contributed by atoms with E-state index < -0.39 is 11.9 Å². The van der Waals surface area contributed by atoms with Crippen LogP contribution in [0.5, 0.6) is 0 Å². The first-order valence-corrected chi connectivity index (χ1v) is 7.10. The predicted octanol–water partition coefficient (Wildman–Crippen LogP) is 1.98. The zero-order chi connectivity index (χ0) is 19.1. The van der Waals surface area contributed by atoms with Crippen LogP contribution in [0.2, 0.25) is 0 Å². The molecule has 0 heterocycles. The van der Waals surface area contributed by atoms with Gasteiger partial charge in [0.1, 0.15) is 13.2 Å². The molecule has 0 radical (unpaired) electrons. The largest absolute Gasteiger partial charge is 0.466 e. The predicted molar refractivity (Wildman–Crippen MR) is 89.2 cm³/mol. The van der Waals surface area contributed by atoms with Crippen LogP contribution in [0.3, 0.4) is 0 Å². The summed E-state index contributed by atoms with van der Waals surface area (Å²) in [7, 11) is 1.33. The summed E-state index contributed by atoms with van der Waals surface area (Å²) in [6, 6.07) is 0. The molecule has 0 amide bonds. The van der Waals surface area contributed by atoms with Gasteiger partial charge in [0.05, 0.1) is 20.3 Å². The minimum absolute atomic E-state index is 0.153. The highest BCUT2D eigenvalue weighted by Gasteiger charge is 2.03. The Morgan fingerprint density at radius 3 is 1.21 bits per heavy atom. The second kappa shape index (κ2) is 14.2. The molecule has 0 saturated carbocycles. The Labute approximate surface area is 142 Å². The molecule has 0 rings (SSSR count). The van der Waals surface area contributed by atoms with Gasteiger partial charge in [-0.2, -0.15) is 0 Å². The van der Waals surface area contributed by atoms with Gasteiger partial charge in [-0.1, -0.05) is 19.7 Å². The van der Waals surface area contributed by atoms with E-state index in [4.69, 9.17) is 14.2 Å². The third-order valence-electron chi connectivity index (χ3n) is 2.15. The molecule has 0 aromatic rings. The summed E-state index contributed by atoms with van der Waals surface area (Å²) in [5.74, 6) is -1.23. The minimum Gasteiger partial charge on any atom is -0.466 e. The summed E-state index contributed by atoms with van der Waals surface area (Å²) in [6.07, 6.45) is 0. The van der Waals surface area contributed by atoms with E-state index in [1.165, 1.54) is 7.11 Å². The lowest BCUT2D eigenvalue weighted by Crippen LogP contribution is -2.14. The van der Waals surface area contributed by atoms with Crippen molar-refractivity contribution in [2.24, 2.45) is 0 Å². The Morgan fingerprint density at radius 1 is 0.667 bits per heavy atom. The fourth-order valence-corrected chi connectivity index (χ4v) is 0.909. The zero-order valence-corrected chi connectivity index (χ0v) is 14.8. The first-order valence-electron chi connectivity index (χ1n) is 7.10. The topological polar surface area (TPSA) is 88.1 Å². The maximum absolute atomic E-state index is 10.9. The molecule has 0 unspecified atom stereocenters. The molecule has 0 N–H and O–H groups in total. The molecule has 0 aromatic heterocycles. The van der Waals surface area contributed by atoms with Crippen LogP contribution in [0, 0.1) is 0 Å². The minimum atomic E-state index is -0.442. The normalized spacial score (nSPS) is 9.00. The van der Waals surface area contributed by atoms with Gasteiger partial charge in [0.15, 0.2) is 0 Å². The van der Waals surface area contributed by atoms with Gasteiger partial charge in [0.25, 0.3) is 0 Å². The van der Waals surface area contributed by atoms with Crippen LogP contribution in [0.1, 0.15) is 20.8 Å². The monoisotopic (exact) mass is 342 g/mol. The molecule has 7 heteroatoms. The molecule has 0 aliphatic carbocycles. The highest BCUT2D eigenvalue weighted by molar-refractivity contribution is 5.87. The lowest BCUT2D eigenvalue weighted by atomic mass is 10.4. The Hall–Kier alpha value is -2.41. The van der Waals surface area contributed by atoms with Gasteiger partial charge in [0.2, 0.25) is 0 Å². The third-order valence-corrected chi connectivity index (χ3v) is 2.15. The average molecular weight is 342 g/mol. The number of esters is 3. The van der Waals surface area contributed by atoms with E-state index in [1.54, 1.807) is 20.8 Å². The molecule has 0 aliphatic rings. The second-order valence-electron chi connectivity index (χ2n) is 4.72. The molecule has 0 bridgehead atoms. The maximum Gasteiger partial charge on any atom is 0.333 e. The van der Waals surface area contributed by atoms with Gasteiger partial charge >= 0.3 is 17.9 Å².